The van der Waals surface area contributed by atoms with Crippen molar-refractivity contribution < 1.29 is 17.9 Å². The molecule has 0 aromatic heterocycles. The van der Waals surface area contributed by atoms with Crippen molar-refractivity contribution in [3.8, 4) is 0 Å². The van der Waals surface area contributed by atoms with Gasteiger partial charge in [0.1, 0.15) is 6.54 Å². The van der Waals surface area contributed by atoms with Crippen LogP contribution < -0.4 is 4.72 Å². The van der Waals surface area contributed by atoms with Crippen molar-refractivity contribution in [3.05, 3.63) is 29.8 Å². The number of nitrogens with one attached hydrogen (secondary N) is 1. The maximum atomic E-state index is 11.9. The van der Waals surface area contributed by atoms with Crippen molar-refractivity contribution >= 4 is 16.0 Å². The van der Waals surface area contributed by atoms with Crippen LogP contribution >= 0.6 is 0 Å². The molecule has 0 atom stereocenters. The fourth-order valence-electron chi connectivity index (χ4n) is 1.67. The molecule has 0 fully saturated rings. The first-order valence-corrected chi connectivity index (χ1v) is 8.22. The van der Waals surface area contributed by atoms with Crippen LogP contribution in [0.3, 0.4) is 0 Å². The fourth-order valence-corrected chi connectivity index (χ4v) is 2.63. The Balaban J connectivity index is 2.65. The highest BCUT2D eigenvalue weighted by atomic mass is 32.2. The Morgan fingerprint density at radius 2 is 1.85 bits per heavy atom. The summed E-state index contributed by atoms with van der Waals surface area (Å²) in [6.07, 6.45) is 3.11. The summed E-state index contributed by atoms with van der Waals surface area (Å²) in [5, 5.41) is 0. The summed E-state index contributed by atoms with van der Waals surface area (Å²) in [4.78, 5) is 11.3. The summed E-state index contributed by atoms with van der Waals surface area (Å²) in [5.41, 5.74) is 1.11. The molecule has 1 rings (SSSR count). The lowest BCUT2D eigenvalue weighted by Crippen LogP contribution is -2.30. The van der Waals surface area contributed by atoms with Crippen LogP contribution in [0.1, 0.15) is 32.3 Å². The number of aryl methyl sites for hydroxylation is 1. The van der Waals surface area contributed by atoms with Gasteiger partial charge >= 0.3 is 5.97 Å². The van der Waals surface area contributed by atoms with Crippen molar-refractivity contribution in [2.45, 2.75) is 38.0 Å². The van der Waals surface area contributed by atoms with Gasteiger partial charge < -0.3 is 4.74 Å². The molecule has 1 aromatic rings. The highest BCUT2D eigenvalue weighted by molar-refractivity contribution is 7.89. The lowest BCUT2D eigenvalue weighted by Gasteiger charge is -2.07. The number of carbonyl (C=O) groups is 1. The lowest BCUT2D eigenvalue weighted by molar-refractivity contribution is -0.141. The third-order valence-electron chi connectivity index (χ3n) is 2.76. The molecule has 20 heavy (non-hydrogen) atoms. The number of rotatable bonds is 8. The lowest BCUT2D eigenvalue weighted by atomic mass is 10.1. The van der Waals surface area contributed by atoms with Gasteiger partial charge in [0, 0.05) is 0 Å². The predicted octanol–water partition coefficient (Wildman–Crippen LogP) is 1.87. The first-order valence-electron chi connectivity index (χ1n) is 6.73. The molecule has 1 aromatic carbocycles. The Morgan fingerprint density at radius 3 is 2.40 bits per heavy atom. The minimum Gasteiger partial charge on any atom is -0.465 e. The van der Waals surface area contributed by atoms with E-state index >= 15 is 0 Å². The highest BCUT2D eigenvalue weighted by Crippen LogP contribution is 2.12. The zero-order chi connectivity index (χ0) is 15.0. The SMILES string of the molecule is CCCCc1ccc(S(=O)(=O)NCC(=O)OCC)cc1. The zero-order valence-corrected chi connectivity index (χ0v) is 12.7. The molecule has 0 aliphatic rings. The number of carbonyl (C=O) groups excluding carboxylic acids is 1. The van der Waals surface area contributed by atoms with Gasteiger partial charge in [-0.1, -0.05) is 25.5 Å². The Hall–Kier alpha value is -1.40. The smallest absolute Gasteiger partial charge is 0.321 e. The molecule has 5 nitrogen and oxygen atoms in total. The summed E-state index contributed by atoms with van der Waals surface area (Å²) < 4.78 is 30.8. The van der Waals surface area contributed by atoms with E-state index in [0.29, 0.717) is 0 Å². The molecule has 0 aliphatic heterocycles. The van der Waals surface area contributed by atoms with Gasteiger partial charge in [0.25, 0.3) is 0 Å². The Kier molecular flexibility index (Phi) is 6.67. The number of unbranched alkanes of at least 4 members (excludes halogenated alkanes) is 1. The number of benzene rings is 1. The summed E-state index contributed by atoms with van der Waals surface area (Å²) >= 11 is 0. The van der Waals surface area contributed by atoms with Gasteiger partial charge in [-0.15, -0.1) is 0 Å². The normalized spacial score (nSPS) is 11.3. The molecule has 112 valence electrons. The second-order valence-corrected chi connectivity index (χ2v) is 6.14. The molecule has 0 spiro atoms. The second kappa shape index (κ2) is 8.01. The number of hydrogen-bond acceptors (Lipinski definition) is 4. The van der Waals surface area contributed by atoms with E-state index in [4.69, 9.17) is 0 Å². The third-order valence-corrected chi connectivity index (χ3v) is 4.18. The average molecular weight is 299 g/mol. The van der Waals surface area contributed by atoms with Crippen molar-refractivity contribution in [2.24, 2.45) is 0 Å². The Morgan fingerprint density at radius 1 is 1.20 bits per heavy atom. The number of sulfonamides is 1. The summed E-state index contributed by atoms with van der Waals surface area (Å²) in [6.45, 7) is 3.65. The van der Waals surface area contributed by atoms with Crippen LogP contribution in [0.2, 0.25) is 0 Å². The van der Waals surface area contributed by atoms with Crippen LogP contribution in [-0.4, -0.2) is 27.5 Å². The van der Waals surface area contributed by atoms with Crippen molar-refractivity contribution in [2.75, 3.05) is 13.2 Å². The van der Waals surface area contributed by atoms with Crippen molar-refractivity contribution in [3.63, 3.8) is 0 Å². The van der Waals surface area contributed by atoms with Gasteiger partial charge in [-0.25, -0.2) is 8.42 Å². The van der Waals surface area contributed by atoms with Gasteiger partial charge in [-0.3, -0.25) is 4.79 Å². The number of hydrogen-bond donors (Lipinski definition) is 1. The monoisotopic (exact) mass is 299 g/mol. The van der Waals surface area contributed by atoms with Gasteiger partial charge in [0.05, 0.1) is 11.5 Å². The molecule has 1 N–H and O–H groups in total. The molecule has 6 heteroatoms. The van der Waals surface area contributed by atoms with Gasteiger partial charge in [-0.2, -0.15) is 4.72 Å². The van der Waals surface area contributed by atoms with E-state index in [-0.39, 0.29) is 18.0 Å². The molecule has 0 unspecified atom stereocenters. The van der Waals surface area contributed by atoms with E-state index in [1.807, 2.05) is 0 Å². The van der Waals surface area contributed by atoms with E-state index in [1.54, 1.807) is 31.2 Å². The van der Waals surface area contributed by atoms with Crippen LogP contribution in [0.5, 0.6) is 0 Å². The number of esters is 1. The average Bonchev–Trinajstić information content (AvgIpc) is 2.44. The van der Waals surface area contributed by atoms with Crippen LogP contribution in [0.25, 0.3) is 0 Å². The molecular formula is C14H21NO4S. The van der Waals surface area contributed by atoms with Crippen LogP contribution in [0.4, 0.5) is 0 Å². The Bertz CT molecular complexity index is 523. The van der Waals surface area contributed by atoms with Crippen LogP contribution in [0, 0.1) is 0 Å². The molecule has 0 saturated carbocycles. The maximum Gasteiger partial charge on any atom is 0.321 e. The molecule has 0 aliphatic carbocycles. The number of ether oxygens (including phenoxy) is 1. The van der Waals surface area contributed by atoms with Crippen molar-refractivity contribution in [1.82, 2.24) is 4.72 Å². The van der Waals surface area contributed by atoms with Gasteiger partial charge in [-0.05, 0) is 37.5 Å². The highest BCUT2D eigenvalue weighted by Gasteiger charge is 2.15. The van der Waals surface area contributed by atoms with Gasteiger partial charge in [0.15, 0.2) is 0 Å². The predicted molar refractivity (Wildman–Crippen MR) is 76.9 cm³/mol. The minimum absolute atomic E-state index is 0.155. The molecular weight excluding hydrogens is 278 g/mol. The zero-order valence-electron chi connectivity index (χ0n) is 11.9. The molecule has 0 radical (unpaired) electrons. The Labute approximate surface area is 120 Å². The maximum absolute atomic E-state index is 11.9. The summed E-state index contributed by atoms with van der Waals surface area (Å²) in [5.74, 6) is -0.587. The van der Waals surface area contributed by atoms with Crippen LogP contribution in [0.15, 0.2) is 29.2 Å². The first-order chi connectivity index (χ1) is 9.49. The topological polar surface area (TPSA) is 72.5 Å². The van der Waals surface area contributed by atoms with Crippen LogP contribution in [-0.2, 0) is 26.0 Å². The summed E-state index contributed by atoms with van der Waals surface area (Å²) in [7, 11) is -3.66. The summed E-state index contributed by atoms with van der Waals surface area (Å²) in [6, 6.07) is 6.71. The fraction of sp³-hybridized carbons (Fsp3) is 0.500. The van der Waals surface area contributed by atoms with E-state index in [2.05, 4.69) is 16.4 Å². The first kappa shape index (κ1) is 16.7. The van der Waals surface area contributed by atoms with E-state index in [1.165, 1.54) is 0 Å². The molecule has 0 amide bonds. The largest absolute Gasteiger partial charge is 0.465 e. The molecule has 0 bridgehead atoms. The van der Waals surface area contributed by atoms with E-state index < -0.39 is 16.0 Å². The van der Waals surface area contributed by atoms with Crippen molar-refractivity contribution in [1.29, 1.82) is 0 Å². The molecule has 0 heterocycles. The molecule has 0 saturated heterocycles. The third kappa shape index (κ3) is 5.30. The minimum atomic E-state index is -3.66. The quantitative estimate of drug-likeness (QED) is 0.744. The van der Waals surface area contributed by atoms with Gasteiger partial charge in [0.2, 0.25) is 10.0 Å². The second-order valence-electron chi connectivity index (χ2n) is 4.38. The standard InChI is InChI=1S/C14H21NO4S/c1-3-5-6-12-7-9-13(10-8-12)20(17,18)15-11-14(16)19-4-2/h7-10,15H,3-6,11H2,1-2H3. The van der Waals surface area contributed by atoms with E-state index in [9.17, 15) is 13.2 Å². The van der Waals surface area contributed by atoms with E-state index in [0.717, 1.165) is 24.8 Å².